The fourth-order valence-corrected chi connectivity index (χ4v) is 2.47. The molecule has 17 heavy (non-hydrogen) atoms. The standard InChI is InChI=1S/C11H20N4OS/c1-8(9-3-4-9)15(5-6-16-2)7-10-11(12)17-14-13-10/h8-9H,3-7,12H2,1-2H3. The Bertz CT molecular complexity index is 353. The summed E-state index contributed by atoms with van der Waals surface area (Å²) < 4.78 is 9.05. The third-order valence-corrected chi connectivity index (χ3v) is 4.00. The van der Waals surface area contributed by atoms with E-state index in [1.54, 1.807) is 7.11 Å². The van der Waals surface area contributed by atoms with Gasteiger partial charge >= 0.3 is 0 Å². The van der Waals surface area contributed by atoms with Crippen molar-refractivity contribution in [1.29, 1.82) is 0 Å². The lowest BCUT2D eigenvalue weighted by Crippen LogP contribution is -2.36. The van der Waals surface area contributed by atoms with Gasteiger partial charge in [-0.2, -0.15) is 0 Å². The molecule has 1 aliphatic rings. The first-order chi connectivity index (χ1) is 8.22. The summed E-state index contributed by atoms with van der Waals surface area (Å²) in [6, 6.07) is 0.575. The molecule has 1 atom stereocenters. The summed E-state index contributed by atoms with van der Waals surface area (Å²) in [4.78, 5) is 2.40. The van der Waals surface area contributed by atoms with Crippen molar-refractivity contribution in [1.82, 2.24) is 14.5 Å². The van der Waals surface area contributed by atoms with Gasteiger partial charge in [0.15, 0.2) is 0 Å². The van der Waals surface area contributed by atoms with Crippen molar-refractivity contribution >= 4 is 16.5 Å². The number of ether oxygens (including phenoxy) is 1. The summed E-state index contributed by atoms with van der Waals surface area (Å²) in [7, 11) is 1.73. The van der Waals surface area contributed by atoms with Gasteiger partial charge in [-0.05, 0) is 25.7 Å². The third kappa shape index (κ3) is 3.37. The molecule has 0 saturated heterocycles. The van der Waals surface area contributed by atoms with Gasteiger partial charge in [0.2, 0.25) is 0 Å². The molecule has 6 heteroatoms. The van der Waals surface area contributed by atoms with E-state index >= 15 is 0 Å². The Morgan fingerprint density at radius 2 is 2.35 bits per heavy atom. The summed E-state index contributed by atoms with van der Waals surface area (Å²) in [6.07, 6.45) is 2.69. The lowest BCUT2D eigenvalue weighted by molar-refractivity contribution is 0.111. The van der Waals surface area contributed by atoms with E-state index in [1.165, 1.54) is 24.4 Å². The number of nitrogen functional groups attached to an aromatic ring is 1. The highest BCUT2D eigenvalue weighted by Crippen LogP contribution is 2.35. The molecule has 0 aromatic carbocycles. The number of methoxy groups -OCH3 is 1. The van der Waals surface area contributed by atoms with Crippen molar-refractivity contribution in [2.24, 2.45) is 5.92 Å². The monoisotopic (exact) mass is 256 g/mol. The van der Waals surface area contributed by atoms with E-state index in [1.807, 2.05) is 0 Å². The highest BCUT2D eigenvalue weighted by Gasteiger charge is 2.32. The Hall–Kier alpha value is -0.720. The molecule has 2 N–H and O–H groups in total. The highest BCUT2D eigenvalue weighted by atomic mass is 32.1. The van der Waals surface area contributed by atoms with Crippen LogP contribution in [-0.4, -0.2) is 40.8 Å². The maximum atomic E-state index is 5.84. The van der Waals surface area contributed by atoms with E-state index in [0.717, 1.165) is 36.3 Å². The first kappa shape index (κ1) is 12.7. The van der Waals surface area contributed by atoms with E-state index in [9.17, 15) is 0 Å². The predicted octanol–water partition coefficient (Wildman–Crippen LogP) is 1.37. The van der Waals surface area contributed by atoms with E-state index in [0.29, 0.717) is 6.04 Å². The van der Waals surface area contributed by atoms with Crippen LogP contribution in [0.4, 0.5) is 5.00 Å². The Balaban J connectivity index is 1.96. The van der Waals surface area contributed by atoms with Crippen LogP contribution in [0.1, 0.15) is 25.5 Å². The van der Waals surface area contributed by atoms with Gasteiger partial charge in [-0.25, -0.2) is 0 Å². The van der Waals surface area contributed by atoms with Crippen LogP contribution in [-0.2, 0) is 11.3 Å². The van der Waals surface area contributed by atoms with E-state index in [-0.39, 0.29) is 0 Å². The van der Waals surface area contributed by atoms with Gasteiger partial charge < -0.3 is 10.5 Å². The molecule has 0 amide bonds. The molecule has 1 aliphatic carbocycles. The van der Waals surface area contributed by atoms with Crippen LogP contribution in [0.15, 0.2) is 0 Å². The van der Waals surface area contributed by atoms with Crippen LogP contribution in [0.25, 0.3) is 0 Å². The fourth-order valence-electron chi connectivity index (χ4n) is 2.03. The maximum absolute atomic E-state index is 5.84. The SMILES string of the molecule is COCCN(Cc1nnsc1N)C(C)C1CC1. The number of aromatic nitrogens is 2. The summed E-state index contributed by atoms with van der Waals surface area (Å²) in [5.74, 6) is 0.833. The lowest BCUT2D eigenvalue weighted by atomic mass is 10.1. The molecular formula is C11H20N4OS. The quantitative estimate of drug-likeness (QED) is 0.798. The van der Waals surface area contributed by atoms with Crippen molar-refractivity contribution < 1.29 is 4.74 Å². The number of hydrogen-bond donors (Lipinski definition) is 1. The zero-order chi connectivity index (χ0) is 12.3. The van der Waals surface area contributed by atoms with Gasteiger partial charge in [0.1, 0.15) is 10.7 Å². The van der Waals surface area contributed by atoms with Gasteiger partial charge in [0.05, 0.1) is 6.61 Å². The van der Waals surface area contributed by atoms with E-state index in [2.05, 4.69) is 21.4 Å². The average Bonchev–Trinajstić information content (AvgIpc) is 3.09. The molecule has 0 radical (unpaired) electrons. The number of anilines is 1. The van der Waals surface area contributed by atoms with Gasteiger partial charge in [0, 0.05) is 37.8 Å². The minimum absolute atomic E-state index is 0.575. The van der Waals surface area contributed by atoms with Gasteiger partial charge in [-0.15, -0.1) is 5.10 Å². The van der Waals surface area contributed by atoms with Crippen molar-refractivity contribution in [2.75, 3.05) is 26.0 Å². The molecular weight excluding hydrogens is 236 g/mol. The van der Waals surface area contributed by atoms with Crippen LogP contribution in [0.2, 0.25) is 0 Å². The third-order valence-electron chi connectivity index (χ3n) is 3.40. The smallest absolute Gasteiger partial charge is 0.132 e. The molecule has 1 aromatic rings. The summed E-state index contributed by atoms with van der Waals surface area (Å²) in [5, 5.41) is 4.82. The first-order valence-corrected chi connectivity index (χ1v) is 6.79. The zero-order valence-electron chi connectivity index (χ0n) is 10.4. The first-order valence-electron chi connectivity index (χ1n) is 6.02. The summed E-state index contributed by atoms with van der Waals surface area (Å²) in [5.41, 5.74) is 6.75. The number of nitrogens with zero attached hydrogens (tertiary/aromatic N) is 3. The molecule has 0 bridgehead atoms. The number of nitrogens with two attached hydrogens (primary N) is 1. The van der Waals surface area contributed by atoms with Crippen LogP contribution >= 0.6 is 11.5 Å². The minimum Gasteiger partial charge on any atom is -0.388 e. The van der Waals surface area contributed by atoms with Crippen molar-refractivity contribution in [3.63, 3.8) is 0 Å². The maximum Gasteiger partial charge on any atom is 0.132 e. The zero-order valence-corrected chi connectivity index (χ0v) is 11.2. The molecule has 5 nitrogen and oxygen atoms in total. The second-order valence-electron chi connectivity index (χ2n) is 4.63. The van der Waals surface area contributed by atoms with Crippen molar-refractivity contribution in [3.8, 4) is 0 Å². The van der Waals surface area contributed by atoms with Gasteiger partial charge in [0.25, 0.3) is 0 Å². The lowest BCUT2D eigenvalue weighted by Gasteiger charge is -2.28. The van der Waals surface area contributed by atoms with Crippen molar-refractivity contribution in [3.05, 3.63) is 5.69 Å². The molecule has 1 saturated carbocycles. The van der Waals surface area contributed by atoms with Crippen LogP contribution in [0, 0.1) is 5.92 Å². The molecule has 0 spiro atoms. The van der Waals surface area contributed by atoms with Gasteiger partial charge in [-0.3, -0.25) is 4.90 Å². The predicted molar refractivity (Wildman–Crippen MR) is 68.8 cm³/mol. The topological polar surface area (TPSA) is 64.3 Å². The largest absolute Gasteiger partial charge is 0.388 e. The molecule has 2 rings (SSSR count). The Morgan fingerprint density at radius 1 is 1.59 bits per heavy atom. The highest BCUT2D eigenvalue weighted by molar-refractivity contribution is 7.09. The second kappa shape index (κ2) is 5.75. The van der Waals surface area contributed by atoms with Crippen LogP contribution in [0.5, 0.6) is 0 Å². The Morgan fingerprint density at radius 3 is 2.88 bits per heavy atom. The normalized spacial score (nSPS) is 17.6. The summed E-state index contributed by atoms with van der Waals surface area (Å²) in [6.45, 7) is 4.73. The molecule has 0 aliphatic heterocycles. The average molecular weight is 256 g/mol. The molecule has 1 heterocycles. The van der Waals surface area contributed by atoms with Crippen molar-refractivity contribution in [2.45, 2.75) is 32.4 Å². The van der Waals surface area contributed by atoms with Crippen LogP contribution < -0.4 is 5.73 Å². The van der Waals surface area contributed by atoms with E-state index < -0.39 is 0 Å². The minimum atomic E-state index is 0.575. The fraction of sp³-hybridized carbons (Fsp3) is 0.818. The van der Waals surface area contributed by atoms with Crippen LogP contribution in [0.3, 0.4) is 0 Å². The molecule has 1 unspecified atom stereocenters. The Labute approximate surface area is 106 Å². The number of rotatable bonds is 7. The molecule has 1 aromatic heterocycles. The molecule has 96 valence electrons. The summed E-state index contributed by atoms with van der Waals surface area (Å²) >= 11 is 1.26. The second-order valence-corrected chi connectivity index (χ2v) is 5.41. The number of hydrogen-bond acceptors (Lipinski definition) is 6. The van der Waals surface area contributed by atoms with E-state index in [4.69, 9.17) is 10.5 Å². The Kier molecular flexibility index (Phi) is 4.31. The molecule has 1 fully saturated rings. The van der Waals surface area contributed by atoms with Gasteiger partial charge in [-0.1, -0.05) is 4.49 Å².